The zero-order chi connectivity index (χ0) is 10.3. The molecule has 1 aliphatic carbocycles. The van der Waals surface area contributed by atoms with Crippen molar-refractivity contribution in [3.8, 4) is 6.07 Å². The van der Waals surface area contributed by atoms with Gasteiger partial charge in [-0.05, 0) is 37.0 Å². The number of rotatable bonds is 2. The van der Waals surface area contributed by atoms with Crippen LogP contribution in [0.5, 0.6) is 0 Å². The molecule has 1 aliphatic rings. The van der Waals surface area contributed by atoms with E-state index in [0.29, 0.717) is 5.56 Å². The Bertz CT molecular complexity index is 545. The molecule has 0 amide bonds. The lowest BCUT2D eigenvalue weighted by atomic mass is 10.2. The van der Waals surface area contributed by atoms with Crippen LogP contribution in [0.1, 0.15) is 18.4 Å². The van der Waals surface area contributed by atoms with Gasteiger partial charge in [0, 0.05) is 6.54 Å². The second kappa shape index (κ2) is 3.06. The summed E-state index contributed by atoms with van der Waals surface area (Å²) in [5.41, 5.74) is 2.48. The van der Waals surface area contributed by atoms with E-state index >= 15 is 0 Å². The van der Waals surface area contributed by atoms with Crippen molar-refractivity contribution in [2.75, 3.05) is 0 Å². The predicted molar refractivity (Wildman–Crippen MR) is 55.0 cm³/mol. The van der Waals surface area contributed by atoms with E-state index in [0.717, 1.165) is 23.5 Å². The third-order valence-electron chi connectivity index (χ3n) is 2.77. The standard InChI is InChI=1S/C11H10N4/c12-6-9-3-4-11-10(5-9)13-14-15(11)7-8-1-2-8/h3-5,8H,1-2,7H2. The fourth-order valence-corrected chi connectivity index (χ4v) is 1.72. The highest BCUT2D eigenvalue weighted by Gasteiger charge is 2.23. The molecule has 0 aliphatic heterocycles. The molecule has 15 heavy (non-hydrogen) atoms. The van der Waals surface area contributed by atoms with Crippen molar-refractivity contribution in [1.29, 1.82) is 5.26 Å². The van der Waals surface area contributed by atoms with E-state index < -0.39 is 0 Å². The lowest BCUT2D eigenvalue weighted by Gasteiger charge is -1.98. The van der Waals surface area contributed by atoms with E-state index in [1.807, 2.05) is 16.8 Å². The summed E-state index contributed by atoms with van der Waals surface area (Å²) in [4.78, 5) is 0. The van der Waals surface area contributed by atoms with Gasteiger partial charge in [-0.15, -0.1) is 5.10 Å². The molecular formula is C11H10N4. The summed E-state index contributed by atoms with van der Waals surface area (Å²) in [5, 5.41) is 16.9. The molecule has 0 unspecified atom stereocenters. The topological polar surface area (TPSA) is 54.5 Å². The van der Waals surface area contributed by atoms with Crippen LogP contribution >= 0.6 is 0 Å². The van der Waals surface area contributed by atoms with Crippen molar-refractivity contribution in [1.82, 2.24) is 15.0 Å². The van der Waals surface area contributed by atoms with Crippen LogP contribution in [0.25, 0.3) is 11.0 Å². The number of fused-ring (bicyclic) bond motifs is 1. The molecule has 0 atom stereocenters. The molecule has 0 N–H and O–H groups in total. The van der Waals surface area contributed by atoms with E-state index in [4.69, 9.17) is 5.26 Å². The smallest absolute Gasteiger partial charge is 0.114 e. The average molecular weight is 198 g/mol. The van der Waals surface area contributed by atoms with Crippen LogP contribution in [0.2, 0.25) is 0 Å². The second-order valence-corrected chi connectivity index (χ2v) is 4.03. The van der Waals surface area contributed by atoms with Gasteiger partial charge in [-0.1, -0.05) is 5.21 Å². The highest BCUT2D eigenvalue weighted by molar-refractivity contribution is 5.75. The lowest BCUT2D eigenvalue weighted by molar-refractivity contribution is 0.559. The van der Waals surface area contributed by atoms with E-state index in [-0.39, 0.29) is 0 Å². The Hall–Kier alpha value is -1.89. The summed E-state index contributed by atoms with van der Waals surface area (Å²) < 4.78 is 1.94. The molecule has 1 saturated carbocycles. The van der Waals surface area contributed by atoms with E-state index in [2.05, 4.69) is 16.4 Å². The van der Waals surface area contributed by atoms with E-state index in [1.165, 1.54) is 12.8 Å². The summed E-state index contributed by atoms with van der Waals surface area (Å²) in [7, 11) is 0. The Labute approximate surface area is 87.1 Å². The predicted octanol–water partition coefficient (Wildman–Crippen LogP) is 1.71. The van der Waals surface area contributed by atoms with Gasteiger partial charge in [0.2, 0.25) is 0 Å². The number of hydrogen-bond donors (Lipinski definition) is 0. The Morgan fingerprint density at radius 2 is 2.33 bits per heavy atom. The Kier molecular flexibility index (Phi) is 1.72. The van der Waals surface area contributed by atoms with Crippen LogP contribution < -0.4 is 0 Å². The van der Waals surface area contributed by atoms with Crippen LogP contribution in [0.4, 0.5) is 0 Å². The van der Waals surface area contributed by atoms with Crippen LogP contribution in [0.3, 0.4) is 0 Å². The van der Waals surface area contributed by atoms with Crippen LogP contribution in [0.15, 0.2) is 18.2 Å². The number of aromatic nitrogens is 3. The molecule has 1 aromatic heterocycles. The van der Waals surface area contributed by atoms with Crippen molar-refractivity contribution in [2.24, 2.45) is 5.92 Å². The molecule has 0 bridgehead atoms. The zero-order valence-electron chi connectivity index (χ0n) is 8.22. The summed E-state index contributed by atoms with van der Waals surface area (Å²) in [5.74, 6) is 0.783. The van der Waals surface area contributed by atoms with E-state index in [9.17, 15) is 0 Å². The Morgan fingerprint density at radius 3 is 3.07 bits per heavy atom. The summed E-state index contributed by atoms with van der Waals surface area (Å²) >= 11 is 0. The van der Waals surface area contributed by atoms with Gasteiger partial charge in [-0.25, -0.2) is 4.68 Å². The average Bonchev–Trinajstić information content (AvgIpc) is 2.99. The summed E-state index contributed by atoms with van der Waals surface area (Å²) in [6.07, 6.45) is 2.61. The molecule has 4 heteroatoms. The molecule has 0 saturated heterocycles. The monoisotopic (exact) mass is 198 g/mol. The second-order valence-electron chi connectivity index (χ2n) is 4.03. The van der Waals surface area contributed by atoms with Gasteiger partial charge in [0.05, 0.1) is 17.1 Å². The first-order valence-electron chi connectivity index (χ1n) is 5.10. The molecule has 4 nitrogen and oxygen atoms in total. The largest absolute Gasteiger partial charge is 0.244 e. The minimum Gasteiger partial charge on any atom is -0.244 e. The highest BCUT2D eigenvalue weighted by atomic mass is 15.4. The highest BCUT2D eigenvalue weighted by Crippen LogP contribution is 2.31. The van der Waals surface area contributed by atoms with Gasteiger partial charge >= 0.3 is 0 Å². The van der Waals surface area contributed by atoms with Gasteiger partial charge in [-0.2, -0.15) is 5.26 Å². The molecule has 1 heterocycles. The van der Waals surface area contributed by atoms with E-state index in [1.54, 1.807) is 6.07 Å². The van der Waals surface area contributed by atoms with Gasteiger partial charge in [0.1, 0.15) is 5.52 Å². The van der Waals surface area contributed by atoms with Crippen molar-refractivity contribution in [2.45, 2.75) is 19.4 Å². The number of hydrogen-bond acceptors (Lipinski definition) is 3. The minimum absolute atomic E-state index is 0.640. The van der Waals surface area contributed by atoms with Crippen LogP contribution in [-0.2, 0) is 6.54 Å². The molecule has 0 spiro atoms. The maximum atomic E-state index is 8.75. The molecule has 2 aromatic rings. The Morgan fingerprint density at radius 1 is 1.47 bits per heavy atom. The van der Waals surface area contributed by atoms with Gasteiger partial charge in [0.15, 0.2) is 0 Å². The van der Waals surface area contributed by atoms with Crippen LogP contribution in [-0.4, -0.2) is 15.0 Å². The third kappa shape index (κ3) is 1.46. The molecular weight excluding hydrogens is 188 g/mol. The first kappa shape index (κ1) is 8.42. The minimum atomic E-state index is 0.640. The lowest BCUT2D eigenvalue weighted by Crippen LogP contribution is -2.01. The van der Waals surface area contributed by atoms with Crippen molar-refractivity contribution in [3.05, 3.63) is 23.8 Å². The first-order valence-corrected chi connectivity index (χ1v) is 5.10. The van der Waals surface area contributed by atoms with Gasteiger partial charge in [-0.3, -0.25) is 0 Å². The summed E-state index contributed by atoms with van der Waals surface area (Å²) in [6, 6.07) is 7.63. The normalized spacial score (nSPS) is 15.4. The number of nitriles is 1. The third-order valence-corrected chi connectivity index (χ3v) is 2.77. The van der Waals surface area contributed by atoms with Gasteiger partial charge < -0.3 is 0 Å². The van der Waals surface area contributed by atoms with Crippen LogP contribution in [0, 0.1) is 17.2 Å². The molecule has 1 fully saturated rings. The maximum absolute atomic E-state index is 8.75. The zero-order valence-corrected chi connectivity index (χ0v) is 8.22. The quantitative estimate of drug-likeness (QED) is 0.738. The summed E-state index contributed by atoms with van der Waals surface area (Å²) in [6.45, 7) is 0.961. The van der Waals surface area contributed by atoms with Crippen molar-refractivity contribution < 1.29 is 0 Å². The molecule has 3 rings (SSSR count). The SMILES string of the molecule is N#Cc1ccc2c(c1)nnn2CC1CC1. The van der Waals surface area contributed by atoms with Gasteiger partial charge in [0.25, 0.3) is 0 Å². The first-order chi connectivity index (χ1) is 7.36. The number of benzene rings is 1. The molecule has 74 valence electrons. The fourth-order valence-electron chi connectivity index (χ4n) is 1.72. The fraction of sp³-hybridized carbons (Fsp3) is 0.364. The molecule has 1 aromatic carbocycles. The van der Waals surface area contributed by atoms with Crippen molar-refractivity contribution >= 4 is 11.0 Å². The number of nitrogens with zero attached hydrogens (tertiary/aromatic N) is 4. The van der Waals surface area contributed by atoms with Crippen molar-refractivity contribution in [3.63, 3.8) is 0 Å². The Balaban J connectivity index is 2.06. The molecule has 0 radical (unpaired) electrons. The maximum Gasteiger partial charge on any atom is 0.114 e.